The summed E-state index contributed by atoms with van der Waals surface area (Å²) in [6.45, 7) is 4.51. The third-order valence-electron chi connectivity index (χ3n) is 3.66. The van der Waals surface area contributed by atoms with Crippen LogP contribution in [-0.4, -0.2) is 22.1 Å². The number of nitrogens with zero attached hydrogens (tertiary/aromatic N) is 2. The van der Waals surface area contributed by atoms with Gasteiger partial charge in [0.15, 0.2) is 0 Å². The summed E-state index contributed by atoms with van der Waals surface area (Å²) in [4.78, 5) is 12.7. The molecule has 1 N–H and O–H groups in total. The number of halogens is 1. The van der Waals surface area contributed by atoms with E-state index < -0.39 is 0 Å². The summed E-state index contributed by atoms with van der Waals surface area (Å²) in [7, 11) is 0. The van der Waals surface area contributed by atoms with Crippen molar-refractivity contribution in [2.24, 2.45) is 0 Å². The summed E-state index contributed by atoms with van der Waals surface area (Å²) in [5, 5.41) is 7.54. The van der Waals surface area contributed by atoms with E-state index >= 15 is 0 Å². The molecule has 0 fully saturated rings. The molecule has 1 aromatic carbocycles. The van der Waals surface area contributed by atoms with Gasteiger partial charge in [-0.15, -0.1) is 0 Å². The largest absolute Gasteiger partial charge is 0.312 e. The van der Waals surface area contributed by atoms with Crippen LogP contribution in [0.4, 0.5) is 0 Å². The van der Waals surface area contributed by atoms with Crippen molar-refractivity contribution in [3.8, 4) is 0 Å². The molecule has 5 heteroatoms. The molecule has 1 aliphatic heterocycles. The van der Waals surface area contributed by atoms with Crippen molar-refractivity contribution in [2.45, 2.75) is 26.4 Å². The Hall–Kier alpha value is -1.46. The molecule has 0 saturated carbocycles. The van der Waals surface area contributed by atoms with Crippen molar-refractivity contribution in [3.63, 3.8) is 0 Å². The van der Waals surface area contributed by atoms with Crippen LogP contribution in [0.3, 0.4) is 0 Å². The minimum Gasteiger partial charge on any atom is -0.312 e. The van der Waals surface area contributed by atoms with Gasteiger partial charge in [0.2, 0.25) is 5.78 Å². The molecule has 0 spiro atoms. The van der Waals surface area contributed by atoms with Crippen LogP contribution < -0.4 is 5.32 Å². The zero-order valence-corrected chi connectivity index (χ0v) is 12.9. The first-order valence-corrected chi connectivity index (χ1v) is 7.58. The highest BCUT2D eigenvalue weighted by molar-refractivity contribution is 9.10. The van der Waals surface area contributed by atoms with Crippen molar-refractivity contribution in [2.75, 3.05) is 6.54 Å². The molecule has 1 aromatic heterocycles. The first-order valence-electron chi connectivity index (χ1n) is 6.79. The quantitative estimate of drug-likeness (QED) is 0.878. The van der Waals surface area contributed by atoms with Gasteiger partial charge in [-0.25, -0.2) is 0 Å². The fraction of sp³-hybridized carbons (Fsp3) is 0.333. The van der Waals surface area contributed by atoms with Crippen molar-refractivity contribution in [1.29, 1.82) is 0 Å². The molecule has 0 bridgehead atoms. The molecule has 0 aliphatic carbocycles. The number of hydrogen-bond acceptors (Lipinski definition) is 3. The van der Waals surface area contributed by atoms with E-state index in [2.05, 4.69) is 32.4 Å². The Morgan fingerprint density at radius 1 is 1.45 bits per heavy atom. The van der Waals surface area contributed by atoms with E-state index in [1.54, 1.807) is 10.9 Å². The summed E-state index contributed by atoms with van der Waals surface area (Å²) in [5.74, 6) is 0.0181. The Labute approximate surface area is 126 Å². The van der Waals surface area contributed by atoms with Gasteiger partial charge in [0, 0.05) is 18.7 Å². The monoisotopic (exact) mass is 333 g/mol. The van der Waals surface area contributed by atoms with Gasteiger partial charge < -0.3 is 5.32 Å². The second-order valence-electron chi connectivity index (χ2n) is 4.90. The predicted molar refractivity (Wildman–Crippen MR) is 80.9 cm³/mol. The highest BCUT2D eigenvalue weighted by atomic mass is 79.9. The van der Waals surface area contributed by atoms with Crippen LogP contribution in [0.2, 0.25) is 0 Å². The molecule has 2 aromatic rings. The SMILES string of the molecule is CCn1ncc(Br)c1C(=O)c1ccc2c(c1)CNCC2. The zero-order valence-electron chi connectivity index (χ0n) is 11.3. The van der Waals surface area contributed by atoms with Gasteiger partial charge in [0.1, 0.15) is 5.69 Å². The molecule has 0 atom stereocenters. The normalized spacial score (nSPS) is 14.1. The summed E-state index contributed by atoms with van der Waals surface area (Å²) in [5.41, 5.74) is 3.91. The lowest BCUT2D eigenvalue weighted by Gasteiger charge is -2.17. The maximum absolute atomic E-state index is 12.7. The fourth-order valence-electron chi connectivity index (χ4n) is 2.59. The Kier molecular flexibility index (Phi) is 3.72. The molecule has 0 radical (unpaired) electrons. The third-order valence-corrected chi connectivity index (χ3v) is 4.24. The minimum absolute atomic E-state index is 0.0181. The lowest BCUT2D eigenvalue weighted by Crippen LogP contribution is -2.24. The van der Waals surface area contributed by atoms with Crippen molar-refractivity contribution in [1.82, 2.24) is 15.1 Å². The van der Waals surface area contributed by atoms with Crippen LogP contribution in [0.5, 0.6) is 0 Å². The predicted octanol–water partition coefficient (Wildman–Crippen LogP) is 2.54. The van der Waals surface area contributed by atoms with Crippen LogP contribution in [0.15, 0.2) is 28.9 Å². The number of carbonyl (C=O) groups is 1. The van der Waals surface area contributed by atoms with Gasteiger partial charge in [-0.05, 0) is 53.0 Å². The van der Waals surface area contributed by atoms with Gasteiger partial charge in [0.05, 0.1) is 10.7 Å². The van der Waals surface area contributed by atoms with Gasteiger partial charge in [0.25, 0.3) is 0 Å². The number of rotatable bonds is 3. The molecule has 3 rings (SSSR count). The smallest absolute Gasteiger partial charge is 0.212 e. The maximum Gasteiger partial charge on any atom is 0.212 e. The van der Waals surface area contributed by atoms with Gasteiger partial charge in [-0.3, -0.25) is 9.48 Å². The second kappa shape index (κ2) is 5.50. The first kappa shape index (κ1) is 13.5. The highest BCUT2D eigenvalue weighted by Gasteiger charge is 2.19. The molecular formula is C15H16BrN3O. The average Bonchev–Trinajstić information content (AvgIpc) is 2.87. The number of benzene rings is 1. The maximum atomic E-state index is 12.7. The summed E-state index contributed by atoms with van der Waals surface area (Å²) in [6.07, 6.45) is 2.71. The Balaban J connectivity index is 2.00. The fourth-order valence-corrected chi connectivity index (χ4v) is 3.06. The van der Waals surface area contributed by atoms with E-state index in [4.69, 9.17) is 0 Å². The Bertz CT molecular complexity index is 663. The van der Waals surface area contributed by atoms with Crippen LogP contribution in [0, 0.1) is 0 Å². The number of aryl methyl sites for hydroxylation is 1. The number of hydrogen-bond donors (Lipinski definition) is 1. The molecule has 104 valence electrons. The molecule has 20 heavy (non-hydrogen) atoms. The summed E-state index contributed by atoms with van der Waals surface area (Å²) < 4.78 is 2.48. The standard InChI is InChI=1S/C15H16BrN3O/c1-2-19-14(13(16)9-18-19)15(20)11-4-3-10-5-6-17-8-12(10)7-11/h3-4,7,9,17H,2,5-6,8H2,1H3. The number of ketones is 1. The van der Waals surface area contributed by atoms with Crippen LogP contribution in [-0.2, 0) is 19.5 Å². The summed E-state index contributed by atoms with van der Waals surface area (Å²) >= 11 is 3.41. The van der Waals surface area contributed by atoms with Crippen LogP contribution in [0.1, 0.15) is 34.1 Å². The number of nitrogens with one attached hydrogen (secondary N) is 1. The zero-order chi connectivity index (χ0) is 14.1. The Morgan fingerprint density at radius 3 is 3.10 bits per heavy atom. The van der Waals surface area contributed by atoms with E-state index in [1.807, 2.05) is 19.1 Å². The van der Waals surface area contributed by atoms with Crippen molar-refractivity contribution in [3.05, 3.63) is 51.3 Å². The minimum atomic E-state index is 0.0181. The molecule has 0 saturated heterocycles. The molecule has 0 unspecified atom stereocenters. The average molecular weight is 334 g/mol. The lowest BCUT2D eigenvalue weighted by molar-refractivity contribution is 0.102. The topological polar surface area (TPSA) is 46.9 Å². The van der Waals surface area contributed by atoms with Crippen LogP contribution >= 0.6 is 15.9 Å². The lowest BCUT2D eigenvalue weighted by atomic mass is 9.96. The second-order valence-corrected chi connectivity index (χ2v) is 5.75. The van der Waals surface area contributed by atoms with Crippen molar-refractivity contribution < 1.29 is 4.79 Å². The first-order chi connectivity index (χ1) is 9.70. The highest BCUT2D eigenvalue weighted by Crippen LogP contribution is 2.22. The van der Waals surface area contributed by atoms with E-state index in [0.29, 0.717) is 12.2 Å². The third kappa shape index (κ3) is 2.31. The van der Waals surface area contributed by atoms with E-state index in [9.17, 15) is 4.79 Å². The van der Waals surface area contributed by atoms with Crippen LogP contribution in [0.25, 0.3) is 0 Å². The van der Waals surface area contributed by atoms with E-state index in [0.717, 1.165) is 29.5 Å². The van der Waals surface area contributed by atoms with Gasteiger partial charge in [-0.2, -0.15) is 5.10 Å². The molecule has 2 heterocycles. The molecular weight excluding hydrogens is 318 g/mol. The van der Waals surface area contributed by atoms with Gasteiger partial charge >= 0.3 is 0 Å². The Morgan fingerprint density at radius 2 is 2.30 bits per heavy atom. The molecule has 1 aliphatic rings. The summed E-state index contributed by atoms with van der Waals surface area (Å²) in [6, 6.07) is 6.00. The molecule has 0 amide bonds. The number of aromatic nitrogens is 2. The van der Waals surface area contributed by atoms with Gasteiger partial charge in [-0.1, -0.05) is 12.1 Å². The van der Waals surface area contributed by atoms with E-state index in [-0.39, 0.29) is 5.78 Å². The van der Waals surface area contributed by atoms with Crippen molar-refractivity contribution >= 4 is 21.7 Å². The number of carbonyl (C=O) groups excluding carboxylic acids is 1. The van der Waals surface area contributed by atoms with E-state index in [1.165, 1.54) is 11.1 Å². The molecule has 4 nitrogen and oxygen atoms in total. The number of fused-ring (bicyclic) bond motifs is 1.